The fraction of sp³-hybridized carbons (Fsp3) is 0.875. The summed E-state index contributed by atoms with van der Waals surface area (Å²) in [5, 5.41) is 8.94. The normalized spacial score (nSPS) is 25.7. The molecule has 70 valence electrons. The minimum atomic E-state index is 0.00245. The zero-order valence-electron chi connectivity index (χ0n) is 7.32. The van der Waals surface area contributed by atoms with Crippen LogP contribution in [0.15, 0.2) is 0 Å². The third-order valence-corrected chi connectivity index (χ3v) is 1.99. The minimum absolute atomic E-state index is 0.00245. The van der Waals surface area contributed by atoms with E-state index in [2.05, 4.69) is 0 Å². The Labute approximate surface area is 72.1 Å². The molecule has 1 aliphatic heterocycles. The van der Waals surface area contributed by atoms with E-state index < -0.39 is 0 Å². The lowest BCUT2D eigenvalue weighted by Gasteiger charge is -2.33. The van der Waals surface area contributed by atoms with Crippen LogP contribution in [0.25, 0.3) is 0 Å². The van der Waals surface area contributed by atoms with Crippen LogP contribution in [0.2, 0.25) is 0 Å². The van der Waals surface area contributed by atoms with Crippen LogP contribution in [-0.4, -0.2) is 54.7 Å². The molecule has 1 atom stereocenters. The van der Waals surface area contributed by atoms with Crippen molar-refractivity contribution in [1.82, 2.24) is 4.90 Å². The molecule has 1 heterocycles. The van der Waals surface area contributed by atoms with Crippen LogP contribution in [0, 0.1) is 0 Å². The molecule has 0 amide bonds. The Kier molecular flexibility index (Phi) is 3.65. The van der Waals surface area contributed by atoms with Gasteiger partial charge in [-0.2, -0.15) is 0 Å². The lowest BCUT2D eigenvalue weighted by Crippen LogP contribution is -2.49. The summed E-state index contributed by atoms with van der Waals surface area (Å²) in [6.45, 7) is 3.98. The molecular formula is C8H15NO3. The van der Waals surface area contributed by atoms with E-state index in [0.29, 0.717) is 19.8 Å². The molecule has 0 saturated carbocycles. The number of nitrogens with zero attached hydrogens (tertiary/aromatic N) is 1. The second kappa shape index (κ2) is 4.54. The topological polar surface area (TPSA) is 49.8 Å². The van der Waals surface area contributed by atoms with Gasteiger partial charge >= 0.3 is 0 Å². The Morgan fingerprint density at radius 3 is 3.08 bits per heavy atom. The maximum Gasteiger partial charge on any atom is 0.143 e. The maximum atomic E-state index is 10.8. The predicted molar refractivity (Wildman–Crippen MR) is 43.9 cm³/mol. The predicted octanol–water partition coefficient (Wildman–Crippen LogP) is -0.732. The number of Topliss-reactive ketones (excluding diaryl/α,β-unsaturated/α-hetero) is 1. The number of aliphatic hydroxyl groups excluding tert-OH is 1. The first-order valence-electron chi connectivity index (χ1n) is 4.16. The molecule has 1 unspecified atom stereocenters. The number of hydrogen-bond donors (Lipinski definition) is 1. The molecule has 1 N–H and O–H groups in total. The van der Waals surface area contributed by atoms with Gasteiger partial charge in [0.25, 0.3) is 0 Å². The summed E-state index contributed by atoms with van der Waals surface area (Å²) in [7, 11) is 0. The Hall–Kier alpha value is -0.450. The van der Waals surface area contributed by atoms with Gasteiger partial charge in [0, 0.05) is 6.54 Å². The van der Waals surface area contributed by atoms with Crippen molar-refractivity contribution in [3.8, 4) is 0 Å². The van der Waals surface area contributed by atoms with Crippen molar-refractivity contribution in [2.45, 2.75) is 13.0 Å². The van der Waals surface area contributed by atoms with Gasteiger partial charge in [-0.15, -0.1) is 0 Å². The number of rotatable bonds is 3. The van der Waals surface area contributed by atoms with Crippen molar-refractivity contribution in [3.63, 3.8) is 0 Å². The molecule has 4 heteroatoms. The van der Waals surface area contributed by atoms with Crippen molar-refractivity contribution in [1.29, 1.82) is 0 Å². The van der Waals surface area contributed by atoms with Crippen LogP contribution >= 0.6 is 0 Å². The Balaban J connectivity index is 2.41. The fourth-order valence-electron chi connectivity index (χ4n) is 1.35. The second-order valence-corrected chi connectivity index (χ2v) is 3.08. The molecule has 1 rings (SSSR count). The van der Waals surface area contributed by atoms with Crippen molar-refractivity contribution in [3.05, 3.63) is 0 Å². The Morgan fingerprint density at radius 2 is 2.50 bits per heavy atom. The number of carbonyl (C=O) groups is 1. The standard InChI is InChI=1S/C8H15NO3/c1-7(11)4-9-2-3-12-6-8(9)5-10/h8,10H,2-6H2,1H3. The van der Waals surface area contributed by atoms with E-state index >= 15 is 0 Å². The average Bonchev–Trinajstić information content (AvgIpc) is 2.04. The highest BCUT2D eigenvalue weighted by Crippen LogP contribution is 2.05. The molecule has 0 aromatic rings. The minimum Gasteiger partial charge on any atom is -0.395 e. The lowest BCUT2D eigenvalue weighted by atomic mass is 10.2. The van der Waals surface area contributed by atoms with Gasteiger partial charge in [0.05, 0.1) is 32.4 Å². The molecule has 0 radical (unpaired) electrons. The van der Waals surface area contributed by atoms with Crippen molar-refractivity contribution in [2.24, 2.45) is 0 Å². The molecule has 0 bridgehead atoms. The molecule has 4 nitrogen and oxygen atoms in total. The van der Waals surface area contributed by atoms with Gasteiger partial charge in [0.15, 0.2) is 0 Å². The summed E-state index contributed by atoms with van der Waals surface area (Å²) >= 11 is 0. The maximum absolute atomic E-state index is 10.8. The van der Waals surface area contributed by atoms with E-state index in [1.165, 1.54) is 0 Å². The van der Waals surface area contributed by atoms with Crippen molar-refractivity contribution < 1.29 is 14.6 Å². The first kappa shape index (κ1) is 9.64. The summed E-state index contributed by atoms with van der Waals surface area (Å²) in [4.78, 5) is 12.8. The summed E-state index contributed by atoms with van der Waals surface area (Å²) in [5.74, 6) is 0.135. The highest BCUT2D eigenvalue weighted by atomic mass is 16.5. The summed E-state index contributed by atoms with van der Waals surface area (Å²) < 4.78 is 5.17. The van der Waals surface area contributed by atoms with Gasteiger partial charge < -0.3 is 9.84 Å². The molecule has 1 aliphatic rings. The van der Waals surface area contributed by atoms with Crippen LogP contribution in [-0.2, 0) is 9.53 Å². The quantitative estimate of drug-likeness (QED) is 0.611. The van der Waals surface area contributed by atoms with Gasteiger partial charge in [0.2, 0.25) is 0 Å². The Bertz CT molecular complexity index is 160. The van der Waals surface area contributed by atoms with Gasteiger partial charge in [-0.3, -0.25) is 9.69 Å². The average molecular weight is 173 g/mol. The van der Waals surface area contributed by atoms with E-state index in [0.717, 1.165) is 6.54 Å². The zero-order valence-corrected chi connectivity index (χ0v) is 7.32. The smallest absolute Gasteiger partial charge is 0.143 e. The fourth-order valence-corrected chi connectivity index (χ4v) is 1.35. The number of ether oxygens (including phenoxy) is 1. The van der Waals surface area contributed by atoms with E-state index in [9.17, 15) is 4.79 Å². The van der Waals surface area contributed by atoms with E-state index in [4.69, 9.17) is 9.84 Å². The number of hydrogen-bond acceptors (Lipinski definition) is 4. The van der Waals surface area contributed by atoms with Gasteiger partial charge in [-0.05, 0) is 6.92 Å². The van der Waals surface area contributed by atoms with E-state index in [1.54, 1.807) is 6.92 Å². The summed E-state index contributed by atoms with van der Waals surface area (Å²) in [6.07, 6.45) is 0. The number of aliphatic hydroxyl groups is 1. The van der Waals surface area contributed by atoms with Gasteiger partial charge in [0.1, 0.15) is 5.78 Å². The number of morpholine rings is 1. The molecule has 0 aliphatic carbocycles. The first-order valence-corrected chi connectivity index (χ1v) is 4.16. The third-order valence-electron chi connectivity index (χ3n) is 1.99. The molecule has 0 aromatic heterocycles. The number of carbonyl (C=O) groups excluding carboxylic acids is 1. The van der Waals surface area contributed by atoms with Gasteiger partial charge in [-0.1, -0.05) is 0 Å². The Morgan fingerprint density at radius 1 is 1.75 bits per heavy atom. The van der Waals surface area contributed by atoms with Crippen molar-refractivity contribution in [2.75, 3.05) is 32.9 Å². The van der Waals surface area contributed by atoms with Crippen LogP contribution in [0.4, 0.5) is 0 Å². The molecule has 0 aromatic carbocycles. The molecule has 0 spiro atoms. The number of ketones is 1. The van der Waals surface area contributed by atoms with E-state index in [-0.39, 0.29) is 18.4 Å². The van der Waals surface area contributed by atoms with Crippen LogP contribution in [0.5, 0.6) is 0 Å². The first-order chi connectivity index (χ1) is 5.74. The third kappa shape index (κ3) is 2.55. The monoisotopic (exact) mass is 173 g/mol. The van der Waals surface area contributed by atoms with Gasteiger partial charge in [-0.25, -0.2) is 0 Å². The molecular weight excluding hydrogens is 158 g/mol. The van der Waals surface area contributed by atoms with Crippen LogP contribution in [0.3, 0.4) is 0 Å². The van der Waals surface area contributed by atoms with Crippen LogP contribution < -0.4 is 0 Å². The lowest BCUT2D eigenvalue weighted by molar-refractivity contribution is -0.121. The van der Waals surface area contributed by atoms with E-state index in [1.807, 2.05) is 4.90 Å². The highest BCUT2D eigenvalue weighted by molar-refractivity contribution is 5.77. The second-order valence-electron chi connectivity index (χ2n) is 3.08. The largest absolute Gasteiger partial charge is 0.395 e. The van der Waals surface area contributed by atoms with Crippen molar-refractivity contribution >= 4 is 5.78 Å². The molecule has 12 heavy (non-hydrogen) atoms. The summed E-state index contributed by atoms with van der Waals surface area (Å²) in [6, 6.07) is 0.00245. The molecule has 1 fully saturated rings. The zero-order chi connectivity index (χ0) is 8.97. The SMILES string of the molecule is CC(=O)CN1CCOCC1CO. The highest BCUT2D eigenvalue weighted by Gasteiger charge is 2.22. The molecule has 1 saturated heterocycles. The summed E-state index contributed by atoms with van der Waals surface area (Å²) in [5.41, 5.74) is 0. The van der Waals surface area contributed by atoms with Crippen LogP contribution in [0.1, 0.15) is 6.92 Å².